The summed E-state index contributed by atoms with van der Waals surface area (Å²) in [6.07, 6.45) is 5.03. The molecule has 1 aromatic rings. The molecule has 1 saturated carbocycles. The van der Waals surface area contributed by atoms with E-state index in [-0.39, 0.29) is 11.5 Å². The van der Waals surface area contributed by atoms with Crippen molar-refractivity contribution in [3.05, 3.63) is 23.8 Å². The standard InChI is InChI=1S/C23H33N3O4/c1-16-14-17(24-21(28)29)4-5-19(16)25-12-3-8-23(15-25)11-13-26(20(23)27)18-6-9-22(2,30)10-7-18/h4-5,14,18,24,30H,3,6-13,15H2,1-2H3,(H,28,29)/t18?,22?,23-/m1/s1. The molecule has 3 N–H and O–H groups in total. The molecule has 30 heavy (non-hydrogen) atoms. The molecule has 1 atom stereocenters. The van der Waals surface area contributed by atoms with Crippen LogP contribution in [-0.2, 0) is 4.79 Å². The lowest BCUT2D eigenvalue weighted by molar-refractivity contribution is -0.140. The number of hydrogen-bond donors (Lipinski definition) is 3. The number of likely N-dealkylation sites (tertiary alicyclic amines) is 1. The van der Waals surface area contributed by atoms with Crippen molar-refractivity contribution in [1.29, 1.82) is 0 Å². The van der Waals surface area contributed by atoms with Crippen LogP contribution >= 0.6 is 0 Å². The number of aryl methyl sites for hydroxylation is 1. The molecular weight excluding hydrogens is 382 g/mol. The number of anilines is 2. The van der Waals surface area contributed by atoms with Gasteiger partial charge in [0, 0.05) is 37.1 Å². The highest BCUT2D eigenvalue weighted by molar-refractivity contribution is 5.86. The molecule has 2 aliphatic heterocycles. The van der Waals surface area contributed by atoms with Crippen molar-refractivity contribution >= 4 is 23.4 Å². The highest BCUT2D eigenvalue weighted by Gasteiger charge is 2.51. The monoisotopic (exact) mass is 415 g/mol. The lowest BCUT2D eigenvalue weighted by Gasteiger charge is -2.42. The fourth-order valence-corrected chi connectivity index (χ4v) is 5.66. The fraction of sp³-hybridized carbons (Fsp3) is 0.652. The van der Waals surface area contributed by atoms with Crippen LogP contribution in [0.25, 0.3) is 0 Å². The lowest BCUT2D eigenvalue weighted by atomic mass is 9.78. The third kappa shape index (κ3) is 4.00. The van der Waals surface area contributed by atoms with Crippen molar-refractivity contribution in [3.8, 4) is 0 Å². The zero-order valence-electron chi connectivity index (χ0n) is 18.0. The van der Waals surface area contributed by atoms with Crippen molar-refractivity contribution in [2.45, 2.75) is 70.4 Å². The van der Waals surface area contributed by atoms with Gasteiger partial charge in [0.2, 0.25) is 5.91 Å². The summed E-state index contributed by atoms with van der Waals surface area (Å²) in [5.41, 5.74) is 1.74. The molecule has 7 nitrogen and oxygen atoms in total. The molecule has 164 valence electrons. The maximum absolute atomic E-state index is 13.5. The van der Waals surface area contributed by atoms with Crippen LogP contribution in [0.5, 0.6) is 0 Å². The number of piperidine rings is 1. The smallest absolute Gasteiger partial charge is 0.409 e. The number of hydrogen-bond acceptors (Lipinski definition) is 4. The average Bonchev–Trinajstić information content (AvgIpc) is 2.97. The Hall–Kier alpha value is -2.28. The van der Waals surface area contributed by atoms with E-state index in [4.69, 9.17) is 5.11 Å². The summed E-state index contributed by atoms with van der Waals surface area (Å²) in [5, 5.41) is 21.6. The summed E-state index contributed by atoms with van der Waals surface area (Å²) in [6, 6.07) is 5.85. The Bertz CT molecular complexity index is 830. The molecule has 3 fully saturated rings. The molecule has 0 aromatic heterocycles. The number of carbonyl (C=O) groups excluding carboxylic acids is 1. The molecular formula is C23H33N3O4. The Morgan fingerprint density at radius 3 is 2.57 bits per heavy atom. The van der Waals surface area contributed by atoms with Crippen LogP contribution in [0.4, 0.5) is 16.2 Å². The number of nitrogens with zero attached hydrogens (tertiary/aromatic N) is 2. The van der Waals surface area contributed by atoms with Crippen LogP contribution in [-0.4, -0.2) is 58.4 Å². The Labute approximate surface area is 178 Å². The van der Waals surface area contributed by atoms with Crippen molar-refractivity contribution in [1.82, 2.24) is 4.90 Å². The van der Waals surface area contributed by atoms with Gasteiger partial charge in [-0.25, -0.2) is 4.79 Å². The van der Waals surface area contributed by atoms with Crippen LogP contribution in [0.2, 0.25) is 0 Å². The van der Waals surface area contributed by atoms with E-state index in [1.807, 2.05) is 26.0 Å². The molecule has 0 radical (unpaired) electrons. The van der Waals surface area contributed by atoms with E-state index in [1.165, 1.54) is 0 Å². The number of rotatable bonds is 3. The SMILES string of the molecule is Cc1cc(NC(=O)O)ccc1N1CCC[C@@]2(CCN(C3CCC(C)(O)CC3)C2=O)C1. The fourth-order valence-electron chi connectivity index (χ4n) is 5.66. The van der Waals surface area contributed by atoms with E-state index in [0.29, 0.717) is 11.6 Å². The molecule has 7 heteroatoms. The van der Waals surface area contributed by atoms with Crippen LogP contribution in [0.1, 0.15) is 57.4 Å². The summed E-state index contributed by atoms with van der Waals surface area (Å²) in [5.74, 6) is 0.292. The Morgan fingerprint density at radius 2 is 1.90 bits per heavy atom. The van der Waals surface area contributed by atoms with Gasteiger partial charge in [0.05, 0.1) is 11.0 Å². The van der Waals surface area contributed by atoms with Gasteiger partial charge in [-0.3, -0.25) is 10.1 Å². The molecule has 1 aliphatic carbocycles. The topological polar surface area (TPSA) is 93.1 Å². The Balaban J connectivity index is 1.47. The maximum Gasteiger partial charge on any atom is 0.409 e. The molecule has 0 unspecified atom stereocenters. The third-order valence-electron chi connectivity index (χ3n) is 7.38. The minimum atomic E-state index is -1.07. The average molecular weight is 416 g/mol. The van der Waals surface area contributed by atoms with Crippen LogP contribution in [0, 0.1) is 12.3 Å². The van der Waals surface area contributed by atoms with Gasteiger partial charge in [0.1, 0.15) is 0 Å². The maximum atomic E-state index is 13.5. The molecule has 1 spiro atoms. The molecule has 2 heterocycles. The number of benzene rings is 1. The van der Waals surface area contributed by atoms with Gasteiger partial charge in [0.15, 0.2) is 0 Å². The quantitative estimate of drug-likeness (QED) is 0.701. The number of nitrogens with one attached hydrogen (secondary N) is 1. The second-order valence-corrected chi connectivity index (χ2v) is 9.71. The molecule has 2 amide bonds. The van der Waals surface area contributed by atoms with Crippen LogP contribution < -0.4 is 10.2 Å². The van der Waals surface area contributed by atoms with E-state index in [2.05, 4.69) is 15.1 Å². The molecule has 2 saturated heterocycles. The molecule has 1 aromatic carbocycles. The Morgan fingerprint density at radius 1 is 1.17 bits per heavy atom. The van der Waals surface area contributed by atoms with Crippen LogP contribution in [0.15, 0.2) is 18.2 Å². The normalized spacial score (nSPS) is 32.0. The first kappa shape index (κ1) is 21.0. The van der Waals surface area contributed by atoms with Gasteiger partial charge in [-0.05, 0) is 82.6 Å². The number of carbonyl (C=O) groups is 2. The molecule has 4 rings (SSSR count). The predicted molar refractivity (Wildman–Crippen MR) is 116 cm³/mol. The largest absolute Gasteiger partial charge is 0.465 e. The minimum Gasteiger partial charge on any atom is -0.465 e. The zero-order valence-corrected chi connectivity index (χ0v) is 18.0. The van der Waals surface area contributed by atoms with E-state index >= 15 is 0 Å². The van der Waals surface area contributed by atoms with Gasteiger partial charge in [-0.1, -0.05) is 0 Å². The summed E-state index contributed by atoms with van der Waals surface area (Å²) in [7, 11) is 0. The van der Waals surface area contributed by atoms with Crippen LogP contribution in [0.3, 0.4) is 0 Å². The van der Waals surface area contributed by atoms with E-state index < -0.39 is 11.7 Å². The second-order valence-electron chi connectivity index (χ2n) is 9.71. The zero-order chi connectivity index (χ0) is 21.5. The van der Waals surface area contributed by atoms with Crippen molar-refractivity contribution in [3.63, 3.8) is 0 Å². The van der Waals surface area contributed by atoms with E-state index in [9.17, 15) is 14.7 Å². The predicted octanol–water partition coefficient (Wildman–Crippen LogP) is 3.60. The van der Waals surface area contributed by atoms with Gasteiger partial charge >= 0.3 is 6.09 Å². The summed E-state index contributed by atoms with van der Waals surface area (Å²) < 4.78 is 0. The van der Waals surface area contributed by atoms with E-state index in [0.717, 1.165) is 75.8 Å². The highest BCUT2D eigenvalue weighted by Crippen LogP contribution is 2.44. The van der Waals surface area contributed by atoms with E-state index in [1.54, 1.807) is 6.07 Å². The summed E-state index contributed by atoms with van der Waals surface area (Å²) in [6.45, 7) is 6.34. The summed E-state index contributed by atoms with van der Waals surface area (Å²) in [4.78, 5) is 28.8. The van der Waals surface area contributed by atoms with Crippen molar-refractivity contribution < 1.29 is 19.8 Å². The third-order valence-corrected chi connectivity index (χ3v) is 7.38. The lowest BCUT2D eigenvalue weighted by Crippen LogP contribution is -2.50. The Kier molecular flexibility index (Phi) is 5.43. The highest BCUT2D eigenvalue weighted by atomic mass is 16.4. The first-order valence-electron chi connectivity index (χ1n) is 11.1. The first-order valence-corrected chi connectivity index (χ1v) is 11.1. The number of carboxylic acid groups (broad SMARTS) is 1. The van der Waals surface area contributed by atoms with Gasteiger partial charge < -0.3 is 20.0 Å². The second kappa shape index (κ2) is 7.76. The first-order chi connectivity index (χ1) is 14.2. The molecule has 0 bridgehead atoms. The summed E-state index contributed by atoms with van der Waals surface area (Å²) >= 11 is 0. The number of aliphatic hydroxyl groups is 1. The number of amides is 2. The minimum absolute atomic E-state index is 0.260. The molecule has 3 aliphatic rings. The van der Waals surface area contributed by atoms with Gasteiger partial charge in [0.25, 0.3) is 0 Å². The van der Waals surface area contributed by atoms with Gasteiger partial charge in [-0.2, -0.15) is 0 Å². The van der Waals surface area contributed by atoms with Gasteiger partial charge in [-0.15, -0.1) is 0 Å². The van der Waals surface area contributed by atoms with Crippen molar-refractivity contribution in [2.24, 2.45) is 5.41 Å². The van der Waals surface area contributed by atoms with Crippen molar-refractivity contribution in [2.75, 3.05) is 29.9 Å².